The number of hydrogen-bond acceptors (Lipinski definition) is 4. The van der Waals surface area contributed by atoms with Crippen LogP contribution in [-0.4, -0.2) is 62.4 Å². The van der Waals surface area contributed by atoms with Crippen LogP contribution in [0.1, 0.15) is 50.5 Å². The Bertz CT molecular complexity index is 1480. The first-order valence-electron chi connectivity index (χ1n) is 13.8. The quantitative estimate of drug-likeness (QED) is 0.503. The maximum absolute atomic E-state index is 15.8. The first-order chi connectivity index (χ1) is 18.4. The molecule has 196 valence electrons. The average Bonchev–Trinajstić information content (AvgIpc) is 3.22. The molecular weight excluding hydrogens is 481 g/mol. The molecule has 2 aliphatic carbocycles. The van der Waals surface area contributed by atoms with Gasteiger partial charge in [0, 0.05) is 38.0 Å². The van der Waals surface area contributed by atoms with Crippen molar-refractivity contribution in [2.75, 3.05) is 19.6 Å². The molecule has 8 heteroatoms. The number of carbonyl (C=O) groups excluding carboxylic acids is 2. The Hall–Kier alpha value is -3.55. The number of amidine groups is 1. The number of amides is 2. The number of nitrogens with zero attached hydrogens (tertiary/aromatic N) is 5. The summed E-state index contributed by atoms with van der Waals surface area (Å²) >= 11 is 0. The number of hydrogen-bond donors (Lipinski definition) is 0. The molecule has 0 radical (unpaired) electrons. The molecule has 2 amide bonds. The predicted octanol–water partition coefficient (Wildman–Crippen LogP) is 4.54. The van der Waals surface area contributed by atoms with Crippen LogP contribution in [0.5, 0.6) is 0 Å². The van der Waals surface area contributed by atoms with E-state index in [-0.39, 0.29) is 29.5 Å². The van der Waals surface area contributed by atoms with Crippen LogP contribution >= 0.6 is 0 Å². The number of likely N-dealkylation sites (tertiary alicyclic amines) is 1. The normalized spacial score (nSPS) is 22.7. The summed E-state index contributed by atoms with van der Waals surface area (Å²) in [5.41, 5.74) is 2.32. The Morgan fingerprint density at radius 3 is 2.61 bits per heavy atom. The number of carbonyl (C=O) groups is 2. The van der Waals surface area contributed by atoms with E-state index in [0.717, 1.165) is 60.7 Å². The molecule has 2 aliphatic heterocycles. The zero-order valence-electron chi connectivity index (χ0n) is 21.7. The molecule has 7 rings (SSSR count). The van der Waals surface area contributed by atoms with E-state index in [1.54, 1.807) is 17.0 Å². The summed E-state index contributed by atoms with van der Waals surface area (Å²) in [6.07, 6.45) is 8.01. The topological polar surface area (TPSA) is 70.8 Å². The van der Waals surface area contributed by atoms with Gasteiger partial charge in [-0.25, -0.2) is 4.39 Å². The molecule has 1 aromatic heterocycles. The molecule has 2 aromatic carbocycles. The number of aryl methyl sites for hydroxylation is 1. The Labute approximate surface area is 221 Å². The average molecular weight is 514 g/mol. The second-order valence-corrected chi connectivity index (χ2v) is 11.5. The van der Waals surface area contributed by atoms with Gasteiger partial charge in [0.25, 0.3) is 5.91 Å². The zero-order valence-corrected chi connectivity index (χ0v) is 21.7. The minimum atomic E-state index is -0.756. The summed E-state index contributed by atoms with van der Waals surface area (Å²) in [6, 6.07) is 11.2. The molecule has 4 aliphatic rings. The fraction of sp³-hybridized carbons (Fsp3) is 0.467. The van der Waals surface area contributed by atoms with Gasteiger partial charge in [-0.15, -0.1) is 0 Å². The van der Waals surface area contributed by atoms with Crippen molar-refractivity contribution in [1.82, 2.24) is 19.6 Å². The van der Waals surface area contributed by atoms with Crippen LogP contribution in [0.2, 0.25) is 0 Å². The molecule has 38 heavy (non-hydrogen) atoms. The number of aromatic nitrogens is 2. The fourth-order valence-corrected chi connectivity index (χ4v) is 6.57. The van der Waals surface area contributed by atoms with E-state index in [1.165, 1.54) is 0 Å². The van der Waals surface area contributed by atoms with Gasteiger partial charge in [-0.3, -0.25) is 24.2 Å². The molecule has 0 N–H and O–H groups in total. The highest BCUT2D eigenvalue weighted by atomic mass is 19.1. The maximum atomic E-state index is 15.8. The number of benzene rings is 2. The molecule has 2 saturated carbocycles. The SMILES string of the molecule is Cn1ncc2cc(-c3ccc(C4=NC5(CCCC5)C(=O)N4C[C@@H]4CCN(C(=O)C5CC5)C4)c(F)c3)ccc21. The van der Waals surface area contributed by atoms with E-state index in [9.17, 15) is 9.59 Å². The molecule has 1 spiro atoms. The van der Waals surface area contributed by atoms with Crippen molar-refractivity contribution in [3.05, 3.63) is 54.0 Å². The fourth-order valence-electron chi connectivity index (χ4n) is 6.57. The molecule has 0 unspecified atom stereocenters. The summed E-state index contributed by atoms with van der Waals surface area (Å²) in [5, 5.41) is 5.30. The lowest BCUT2D eigenvalue weighted by molar-refractivity contribution is -0.131. The van der Waals surface area contributed by atoms with Crippen molar-refractivity contribution in [3.63, 3.8) is 0 Å². The third-order valence-corrected chi connectivity index (χ3v) is 8.90. The Balaban J connectivity index is 1.18. The van der Waals surface area contributed by atoms with Crippen molar-refractivity contribution in [3.8, 4) is 11.1 Å². The van der Waals surface area contributed by atoms with Gasteiger partial charge in [-0.1, -0.05) is 25.0 Å². The third-order valence-electron chi connectivity index (χ3n) is 8.90. The third kappa shape index (κ3) is 3.84. The van der Waals surface area contributed by atoms with E-state index in [1.807, 2.05) is 47.1 Å². The smallest absolute Gasteiger partial charge is 0.256 e. The molecule has 1 saturated heterocycles. The summed E-state index contributed by atoms with van der Waals surface area (Å²) in [4.78, 5) is 35.0. The molecule has 0 bridgehead atoms. The molecule has 7 nitrogen and oxygen atoms in total. The summed E-state index contributed by atoms with van der Waals surface area (Å²) in [5.74, 6) is 0.715. The molecular formula is C30H32FN5O2. The van der Waals surface area contributed by atoms with Crippen LogP contribution in [-0.2, 0) is 16.6 Å². The van der Waals surface area contributed by atoms with Crippen molar-refractivity contribution in [2.45, 2.75) is 50.5 Å². The monoisotopic (exact) mass is 513 g/mol. The molecule has 3 aromatic rings. The van der Waals surface area contributed by atoms with Gasteiger partial charge in [0.05, 0.1) is 17.3 Å². The van der Waals surface area contributed by atoms with Crippen LogP contribution in [0.25, 0.3) is 22.0 Å². The van der Waals surface area contributed by atoms with E-state index in [2.05, 4.69) is 5.10 Å². The number of rotatable bonds is 5. The predicted molar refractivity (Wildman–Crippen MR) is 143 cm³/mol. The van der Waals surface area contributed by atoms with Gasteiger partial charge in [-0.2, -0.15) is 5.10 Å². The van der Waals surface area contributed by atoms with Gasteiger partial charge in [0.2, 0.25) is 5.91 Å². The van der Waals surface area contributed by atoms with E-state index >= 15 is 4.39 Å². The summed E-state index contributed by atoms with van der Waals surface area (Å²) in [7, 11) is 1.90. The summed E-state index contributed by atoms with van der Waals surface area (Å²) < 4.78 is 17.6. The van der Waals surface area contributed by atoms with Crippen molar-refractivity contribution >= 4 is 28.6 Å². The lowest BCUT2D eigenvalue weighted by Crippen LogP contribution is -2.44. The van der Waals surface area contributed by atoms with Crippen LogP contribution in [0.3, 0.4) is 0 Å². The molecule has 3 heterocycles. The van der Waals surface area contributed by atoms with E-state index in [4.69, 9.17) is 4.99 Å². The van der Waals surface area contributed by atoms with Crippen molar-refractivity contribution in [1.29, 1.82) is 0 Å². The van der Waals surface area contributed by atoms with E-state index < -0.39 is 5.54 Å². The highest BCUT2D eigenvalue weighted by molar-refractivity contribution is 6.15. The standard InChI is InChI=1S/C30H32FN5O2/c1-34-26-9-7-21(14-23(26)16-32-34)22-6-8-24(25(31)15-22)27-33-30(11-2-3-12-30)29(38)36(27)18-19-10-13-35(17-19)28(37)20-4-5-20/h6-9,14-16,19-20H,2-5,10-13,17-18H2,1H3/t19-/m1/s1. The molecule has 3 fully saturated rings. The van der Waals surface area contributed by atoms with Gasteiger partial charge >= 0.3 is 0 Å². The van der Waals surface area contributed by atoms with Gasteiger partial charge in [0.15, 0.2) is 0 Å². The highest BCUT2D eigenvalue weighted by Gasteiger charge is 2.51. The second kappa shape index (κ2) is 8.75. The van der Waals surface area contributed by atoms with Gasteiger partial charge in [0.1, 0.15) is 17.2 Å². The zero-order chi connectivity index (χ0) is 26.0. The van der Waals surface area contributed by atoms with Crippen LogP contribution in [0, 0.1) is 17.7 Å². The van der Waals surface area contributed by atoms with Crippen LogP contribution in [0.4, 0.5) is 4.39 Å². The summed E-state index contributed by atoms with van der Waals surface area (Å²) in [6.45, 7) is 1.88. The first kappa shape index (κ1) is 23.6. The highest BCUT2D eigenvalue weighted by Crippen LogP contribution is 2.41. The first-order valence-corrected chi connectivity index (χ1v) is 13.8. The van der Waals surface area contributed by atoms with Crippen LogP contribution < -0.4 is 0 Å². The lowest BCUT2D eigenvalue weighted by Gasteiger charge is -2.25. The largest absolute Gasteiger partial charge is 0.342 e. The minimum Gasteiger partial charge on any atom is -0.342 e. The maximum Gasteiger partial charge on any atom is 0.256 e. The Kier molecular flexibility index (Phi) is 5.42. The number of fused-ring (bicyclic) bond motifs is 1. The van der Waals surface area contributed by atoms with E-state index in [0.29, 0.717) is 37.3 Å². The Morgan fingerprint density at radius 2 is 1.84 bits per heavy atom. The Morgan fingerprint density at radius 1 is 1.08 bits per heavy atom. The number of halogens is 1. The second-order valence-electron chi connectivity index (χ2n) is 11.5. The molecule has 1 atom stereocenters. The van der Waals surface area contributed by atoms with Crippen molar-refractivity contribution in [2.24, 2.45) is 23.9 Å². The van der Waals surface area contributed by atoms with Gasteiger partial charge in [-0.05, 0) is 73.4 Å². The number of aliphatic imine (C=N–C) groups is 1. The lowest BCUT2D eigenvalue weighted by atomic mass is 9.97. The minimum absolute atomic E-state index is 0.00229. The van der Waals surface area contributed by atoms with Crippen molar-refractivity contribution < 1.29 is 14.0 Å². The van der Waals surface area contributed by atoms with Crippen LogP contribution in [0.15, 0.2) is 47.6 Å². The van der Waals surface area contributed by atoms with Gasteiger partial charge < -0.3 is 4.90 Å².